The SMILES string of the molecule is CC[n+]1c(-c2ccccc2)cc(-c2ccccc2)cc1-c1ccccc1.[O-][Cl+3]([O-])([O-])[O-]. The number of benzene rings is 3. The molecule has 6 heteroatoms. The van der Waals surface area contributed by atoms with Crippen molar-refractivity contribution in [2.24, 2.45) is 0 Å². The van der Waals surface area contributed by atoms with Gasteiger partial charge in [0.05, 0.1) is 0 Å². The van der Waals surface area contributed by atoms with Crippen LogP contribution in [0.3, 0.4) is 0 Å². The zero-order valence-electron chi connectivity index (χ0n) is 17.0. The van der Waals surface area contributed by atoms with E-state index in [1.165, 1.54) is 33.6 Å². The van der Waals surface area contributed by atoms with Crippen molar-refractivity contribution in [3.63, 3.8) is 0 Å². The first-order chi connectivity index (χ1) is 14.9. The van der Waals surface area contributed by atoms with Crippen LogP contribution in [0, 0.1) is 10.2 Å². The molecule has 0 amide bonds. The molecule has 3 aromatic carbocycles. The highest BCUT2D eigenvalue weighted by Crippen LogP contribution is 2.28. The third kappa shape index (κ3) is 6.46. The van der Waals surface area contributed by atoms with E-state index in [1.54, 1.807) is 0 Å². The minimum absolute atomic E-state index is 0.920. The van der Waals surface area contributed by atoms with Gasteiger partial charge in [-0.05, 0) is 42.3 Å². The van der Waals surface area contributed by atoms with Gasteiger partial charge in [0.15, 0.2) is 0 Å². The first-order valence-electron chi connectivity index (χ1n) is 9.72. The molecule has 5 nitrogen and oxygen atoms in total. The van der Waals surface area contributed by atoms with E-state index in [1.807, 2.05) is 0 Å². The van der Waals surface area contributed by atoms with E-state index in [2.05, 4.69) is 115 Å². The van der Waals surface area contributed by atoms with E-state index in [-0.39, 0.29) is 0 Å². The van der Waals surface area contributed by atoms with Crippen molar-refractivity contribution in [2.45, 2.75) is 13.5 Å². The molecule has 0 N–H and O–H groups in total. The molecule has 31 heavy (non-hydrogen) atoms. The van der Waals surface area contributed by atoms with Crippen molar-refractivity contribution < 1.29 is 33.4 Å². The summed E-state index contributed by atoms with van der Waals surface area (Å²) >= 11 is 0. The normalized spacial score (nSPS) is 10.9. The van der Waals surface area contributed by atoms with Crippen molar-refractivity contribution in [1.82, 2.24) is 0 Å². The Balaban J connectivity index is 0.000000491. The summed E-state index contributed by atoms with van der Waals surface area (Å²) in [5.74, 6) is 0. The summed E-state index contributed by atoms with van der Waals surface area (Å²) in [6.45, 7) is 3.13. The van der Waals surface area contributed by atoms with E-state index < -0.39 is 10.2 Å². The van der Waals surface area contributed by atoms with Gasteiger partial charge >= 0.3 is 0 Å². The Morgan fingerprint density at radius 1 is 0.548 bits per heavy atom. The van der Waals surface area contributed by atoms with Gasteiger partial charge in [-0.3, -0.25) is 0 Å². The highest BCUT2D eigenvalue weighted by Gasteiger charge is 2.21. The Morgan fingerprint density at radius 3 is 1.19 bits per heavy atom. The summed E-state index contributed by atoms with van der Waals surface area (Å²) in [4.78, 5) is 0. The van der Waals surface area contributed by atoms with Gasteiger partial charge in [-0.25, -0.2) is 18.6 Å². The van der Waals surface area contributed by atoms with Gasteiger partial charge < -0.3 is 0 Å². The topological polar surface area (TPSA) is 96.1 Å². The van der Waals surface area contributed by atoms with Gasteiger partial charge in [-0.1, -0.05) is 66.7 Å². The van der Waals surface area contributed by atoms with Crippen LogP contribution in [-0.4, -0.2) is 0 Å². The first-order valence-corrected chi connectivity index (χ1v) is 11.0. The van der Waals surface area contributed by atoms with Gasteiger partial charge in [-0.15, -0.1) is 10.2 Å². The molecular formula is C25H22ClNO4. The molecule has 0 fully saturated rings. The minimum Gasteiger partial charge on any atom is -0.222 e. The molecule has 0 aliphatic heterocycles. The summed E-state index contributed by atoms with van der Waals surface area (Å²) in [5, 5.41) is 0. The molecular weight excluding hydrogens is 414 g/mol. The maximum absolute atomic E-state index is 8.49. The number of rotatable bonds is 4. The van der Waals surface area contributed by atoms with Gasteiger partial charge in [-0.2, -0.15) is 4.57 Å². The molecule has 0 atom stereocenters. The fraction of sp³-hybridized carbons (Fsp3) is 0.0800. The molecule has 158 valence electrons. The average molecular weight is 436 g/mol. The third-order valence-electron chi connectivity index (χ3n) is 4.73. The largest absolute Gasteiger partial charge is 0.222 e. The molecule has 0 unspecified atom stereocenters. The second kappa shape index (κ2) is 10.3. The van der Waals surface area contributed by atoms with E-state index in [0.717, 1.165) is 6.54 Å². The fourth-order valence-electron chi connectivity index (χ4n) is 3.46. The molecule has 1 aromatic heterocycles. The van der Waals surface area contributed by atoms with Crippen LogP contribution in [0.2, 0.25) is 0 Å². The van der Waals surface area contributed by atoms with E-state index >= 15 is 0 Å². The molecule has 4 rings (SSSR count). The quantitative estimate of drug-likeness (QED) is 0.450. The molecule has 0 spiro atoms. The predicted molar refractivity (Wildman–Crippen MR) is 109 cm³/mol. The van der Waals surface area contributed by atoms with Crippen LogP contribution in [0.5, 0.6) is 0 Å². The van der Waals surface area contributed by atoms with Crippen LogP contribution in [-0.2, 0) is 6.54 Å². The van der Waals surface area contributed by atoms with Crippen LogP contribution < -0.4 is 23.2 Å². The summed E-state index contributed by atoms with van der Waals surface area (Å²) in [7, 11) is -4.94. The standard InChI is InChI=1S/C25H22N.ClHO4/c1-2-26-24(21-14-8-4-9-15-21)18-23(20-12-6-3-7-13-20)19-25(26)22-16-10-5-11-17-22;2-1(3,4)5/h3-19H,2H2,1H3;(H,2,3,4,5)/q+1;/p-1. The minimum atomic E-state index is -4.94. The summed E-state index contributed by atoms with van der Waals surface area (Å²) in [6, 6.07) is 36.5. The van der Waals surface area contributed by atoms with Crippen LogP contribution in [0.15, 0.2) is 103 Å². The molecule has 0 bridgehead atoms. The number of halogens is 1. The summed E-state index contributed by atoms with van der Waals surface area (Å²) in [6.07, 6.45) is 0. The summed E-state index contributed by atoms with van der Waals surface area (Å²) in [5.41, 5.74) is 7.45. The molecule has 4 aromatic rings. The van der Waals surface area contributed by atoms with Gasteiger partial charge in [0.2, 0.25) is 11.4 Å². The van der Waals surface area contributed by atoms with Gasteiger partial charge in [0.1, 0.15) is 6.54 Å². The first kappa shape index (κ1) is 22.6. The van der Waals surface area contributed by atoms with Crippen LogP contribution in [0.4, 0.5) is 0 Å². The Bertz CT molecular complexity index is 1030. The Morgan fingerprint density at radius 2 is 0.871 bits per heavy atom. The zero-order chi connectivity index (χ0) is 22.3. The smallest absolute Gasteiger partial charge is 0.213 e. The van der Waals surface area contributed by atoms with Crippen LogP contribution in [0.25, 0.3) is 33.6 Å². The number of hydrogen-bond donors (Lipinski definition) is 0. The van der Waals surface area contributed by atoms with E-state index in [0.29, 0.717) is 0 Å². The third-order valence-corrected chi connectivity index (χ3v) is 4.73. The van der Waals surface area contributed by atoms with Crippen molar-refractivity contribution >= 4 is 0 Å². The molecule has 0 saturated heterocycles. The second-order valence-electron chi connectivity index (χ2n) is 6.73. The lowest BCUT2D eigenvalue weighted by molar-refractivity contribution is -2.00. The predicted octanol–water partition coefficient (Wildman–Crippen LogP) is 1.24. The molecule has 0 aliphatic carbocycles. The molecule has 0 saturated carbocycles. The van der Waals surface area contributed by atoms with Gasteiger partial charge in [0, 0.05) is 23.3 Å². The monoisotopic (exact) mass is 435 g/mol. The molecule has 1 heterocycles. The Hall–Kier alpha value is -3.06. The van der Waals surface area contributed by atoms with Crippen molar-refractivity contribution in [3.8, 4) is 33.6 Å². The second-order valence-corrected chi connectivity index (χ2v) is 7.49. The van der Waals surface area contributed by atoms with Crippen molar-refractivity contribution in [2.75, 3.05) is 0 Å². The number of nitrogens with zero attached hydrogens (tertiary/aromatic N) is 1. The lowest BCUT2D eigenvalue weighted by Gasteiger charge is -2.17. The fourth-order valence-corrected chi connectivity index (χ4v) is 3.46. The maximum atomic E-state index is 8.49. The highest BCUT2D eigenvalue weighted by molar-refractivity contribution is 5.73. The Kier molecular flexibility index (Phi) is 7.52. The van der Waals surface area contributed by atoms with Gasteiger partial charge in [0.25, 0.3) is 0 Å². The maximum Gasteiger partial charge on any atom is 0.213 e. The Labute approximate surface area is 183 Å². The van der Waals surface area contributed by atoms with Crippen LogP contribution >= 0.6 is 0 Å². The van der Waals surface area contributed by atoms with E-state index in [9.17, 15) is 0 Å². The lowest BCUT2D eigenvalue weighted by Crippen LogP contribution is -2.68. The number of hydrogen-bond acceptors (Lipinski definition) is 4. The van der Waals surface area contributed by atoms with Crippen LogP contribution in [0.1, 0.15) is 6.92 Å². The van der Waals surface area contributed by atoms with Crippen molar-refractivity contribution in [1.29, 1.82) is 0 Å². The highest BCUT2D eigenvalue weighted by atomic mass is 35.7. The average Bonchev–Trinajstić information content (AvgIpc) is 2.79. The zero-order valence-corrected chi connectivity index (χ0v) is 17.7. The molecule has 0 radical (unpaired) electrons. The molecule has 0 aliphatic rings. The van der Waals surface area contributed by atoms with Crippen molar-refractivity contribution in [3.05, 3.63) is 103 Å². The number of aromatic nitrogens is 1. The summed E-state index contributed by atoms with van der Waals surface area (Å²) < 4.78 is 36.4. The number of pyridine rings is 1. The van der Waals surface area contributed by atoms with E-state index in [4.69, 9.17) is 18.6 Å². The lowest BCUT2D eigenvalue weighted by atomic mass is 9.99.